The molecule has 108 valence electrons. The van der Waals surface area contributed by atoms with Gasteiger partial charge in [0.2, 0.25) is 0 Å². The zero-order valence-electron chi connectivity index (χ0n) is 11.3. The molecule has 0 bridgehead atoms. The van der Waals surface area contributed by atoms with Gasteiger partial charge in [0.25, 0.3) is 5.91 Å². The molecular formula is C14H20N4O2. The van der Waals surface area contributed by atoms with E-state index in [-0.39, 0.29) is 17.7 Å². The summed E-state index contributed by atoms with van der Waals surface area (Å²) < 4.78 is 0. The molecular weight excluding hydrogens is 256 g/mol. The topological polar surface area (TPSA) is 101 Å². The SMILES string of the molecule is N/C(=N\O)C(NC(=O)c1ccncc1)C1CCCCC1. The van der Waals surface area contributed by atoms with Crippen LogP contribution in [0.25, 0.3) is 0 Å². The van der Waals surface area contributed by atoms with Crippen LogP contribution in [0.5, 0.6) is 0 Å². The van der Waals surface area contributed by atoms with E-state index in [0.717, 1.165) is 25.7 Å². The highest BCUT2D eigenvalue weighted by Crippen LogP contribution is 2.26. The number of nitrogens with two attached hydrogens (primary N) is 1. The Morgan fingerprint density at radius 3 is 2.60 bits per heavy atom. The van der Waals surface area contributed by atoms with Crippen molar-refractivity contribution in [3.63, 3.8) is 0 Å². The molecule has 1 unspecified atom stereocenters. The van der Waals surface area contributed by atoms with Crippen LogP contribution >= 0.6 is 0 Å². The highest BCUT2D eigenvalue weighted by atomic mass is 16.4. The van der Waals surface area contributed by atoms with Gasteiger partial charge in [0, 0.05) is 18.0 Å². The maximum Gasteiger partial charge on any atom is 0.251 e. The minimum absolute atomic E-state index is 0.0688. The summed E-state index contributed by atoms with van der Waals surface area (Å²) in [5, 5.41) is 14.9. The number of pyridine rings is 1. The Hall–Kier alpha value is -2.11. The zero-order valence-corrected chi connectivity index (χ0v) is 11.3. The molecule has 6 nitrogen and oxygen atoms in total. The van der Waals surface area contributed by atoms with Crippen LogP contribution in [-0.4, -0.2) is 28.0 Å². The second kappa shape index (κ2) is 6.88. The third-order valence-corrected chi connectivity index (χ3v) is 3.78. The Bertz CT molecular complexity index is 469. The monoisotopic (exact) mass is 276 g/mol. The molecule has 1 aromatic heterocycles. The Balaban J connectivity index is 2.09. The normalized spacial score (nSPS) is 18.5. The van der Waals surface area contributed by atoms with Crippen LogP contribution in [0.15, 0.2) is 29.7 Å². The maximum absolute atomic E-state index is 12.2. The average Bonchev–Trinajstić information content (AvgIpc) is 2.53. The summed E-state index contributed by atoms with van der Waals surface area (Å²) >= 11 is 0. The quantitative estimate of drug-likeness (QED) is 0.336. The number of aromatic nitrogens is 1. The Labute approximate surface area is 118 Å². The number of amides is 1. The van der Waals surface area contributed by atoms with Crippen LogP contribution in [0, 0.1) is 5.92 Å². The number of nitrogens with zero attached hydrogens (tertiary/aromatic N) is 2. The highest BCUT2D eigenvalue weighted by molar-refractivity contribution is 5.98. The van der Waals surface area contributed by atoms with Gasteiger partial charge in [-0.15, -0.1) is 0 Å². The maximum atomic E-state index is 12.2. The summed E-state index contributed by atoms with van der Waals surface area (Å²) in [5.41, 5.74) is 6.27. The smallest absolute Gasteiger partial charge is 0.251 e. The fourth-order valence-corrected chi connectivity index (χ4v) is 2.69. The first-order chi connectivity index (χ1) is 9.72. The van der Waals surface area contributed by atoms with E-state index in [1.165, 1.54) is 6.42 Å². The third-order valence-electron chi connectivity index (χ3n) is 3.78. The minimum atomic E-state index is -0.416. The number of hydrogen-bond acceptors (Lipinski definition) is 4. The van der Waals surface area contributed by atoms with Crippen LogP contribution < -0.4 is 11.1 Å². The molecule has 1 amide bonds. The van der Waals surface area contributed by atoms with E-state index >= 15 is 0 Å². The lowest BCUT2D eigenvalue weighted by Crippen LogP contribution is -2.49. The lowest BCUT2D eigenvalue weighted by molar-refractivity contribution is 0.0930. The second-order valence-electron chi connectivity index (χ2n) is 5.11. The number of rotatable bonds is 4. The van der Waals surface area contributed by atoms with Gasteiger partial charge in [0.1, 0.15) is 0 Å². The summed E-state index contributed by atoms with van der Waals surface area (Å²) in [5.74, 6) is 0.0688. The summed E-state index contributed by atoms with van der Waals surface area (Å²) in [4.78, 5) is 16.1. The van der Waals surface area contributed by atoms with Crippen molar-refractivity contribution in [1.82, 2.24) is 10.3 Å². The number of carbonyl (C=O) groups is 1. The van der Waals surface area contributed by atoms with Gasteiger partial charge in [-0.05, 0) is 30.9 Å². The fraction of sp³-hybridized carbons (Fsp3) is 0.500. The number of hydrogen-bond donors (Lipinski definition) is 3. The van der Waals surface area contributed by atoms with Crippen LogP contribution in [0.3, 0.4) is 0 Å². The van der Waals surface area contributed by atoms with Crippen LogP contribution in [0.1, 0.15) is 42.5 Å². The van der Waals surface area contributed by atoms with E-state index in [2.05, 4.69) is 15.5 Å². The number of nitrogens with one attached hydrogen (secondary N) is 1. The van der Waals surface area contributed by atoms with Crippen molar-refractivity contribution in [1.29, 1.82) is 0 Å². The van der Waals surface area contributed by atoms with Crippen LogP contribution in [0.2, 0.25) is 0 Å². The van der Waals surface area contributed by atoms with E-state index in [4.69, 9.17) is 10.9 Å². The number of oxime groups is 1. The van der Waals surface area contributed by atoms with Crippen molar-refractivity contribution in [3.05, 3.63) is 30.1 Å². The van der Waals surface area contributed by atoms with Crippen LogP contribution in [0.4, 0.5) is 0 Å². The molecule has 4 N–H and O–H groups in total. The predicted molar refractivity (Wildman–Crippen MR) is 75.5 cm³/mol. The molecule has 2 rings (SSSR count). The van der Waals surface area contributed by atoms with Crippen LogP contribution in [-0.2, 0) is 0 Å². The van der Waals surface area contributed by atoms with Crippen molar-refractivity contribution in [2.24, 2.45) is 16.8 Å². The summed E-state index contributed by atoms with van der Waals surface area (Å²) in [6.45, 7) is 0. The average molecular weight is 276 g/mol. The molecule has 20 heavy (non-hydrogen) atoms. The lowest BCUT2D eigenvalue weighted by atomic mass is 9.83. The zero-order chi connectivity index (χ0) is 14.4. The molecule has 0 aliphatic heterocycles. The van der Waals surface area contributed by atoms with E-state index in [1.807, 2.05) is 0 Å². The van der Waals surface area contributed by atoms with Gasteiger partial charge in [0.05, 0.1) is 6.04 Å². The van der Waals surface area contributed by atoms with Gasteiger partial charge in [0.15, 0.2) is 5.84 Å². The van der Waals surface area contributed by atoms with E-state index in [1.54, 1.807) is 24.5 Å². The van der Waals surface area contributed by atoms with Gasteiger partial charge in [-0.2, -0.15) is 0 Å². The molecule has 0 radical (unpaired) electrons. The largest absolute Gasteiger partial charge is 0.409 e. The molecule has 1 aliphatic rings. The van der Waals surface area contributed by atoms with Gasteiger partial charge < -0.3 is 16.3 Å². The lowest BCUT2D eigenvalue weighted by Gasteiger charge is -2.30. The molecule has 0 saturated heterocycles. The number of amidine groups is 1. The Kier molecular flexibility index (Phi) is 4.92. The third kappa shape index (κ3) is 3.46. The van der Waals surface area contributed by atoms with Crippen molar-refractivity contribution < 1.29 is 10.0 Å². The highest BCUT2D eigenvalue weighted by Gasteiger charge is 2.28. The molecule has 1 fully saturated rings. The van der Waals surface area contributed by atoms with Crippen molar-refractivity contribution in [2.75, 3.05) is 0 Å². The summed E-state index contributed by atoms with van der Waals surface area (Å²) in [6.07, 6.45) is 8.53. The van der Waals surface area contributed by atoms with E-state index in [9.17, 15) is 4.79 Å². The summed E-state index contributed by atoms with van der Waals surface area (Å²) in [7, 11) is 0. The first kappa shape index (κ1) is 14.3. The van der Waals surface area contributed by atoms with Crippen molar-refractivity contribution >= 4 is 11.7 Å². The molecule has 6 heteroatoms. The van der Waals surface area contributed by atoms with E-state index in [0.29, 0.717) is 5.56 Å². The molecule has 1 aliphatic carbocycles. The van der Waals surface area contributed by atoms with Gasteiger partial charge in [-0.1, -0.05) is 24.4 Å². The molecule has 1 saturated carbocycles. The molecule has 1 atom stereocenters. The predicted octanol–water partition coefficient (Wildman–Crippen LogP) is 1.51. The molecule has 0 aromatic carbocycles. The standard InChI is InChI=1S/C14H20N4O2/c15-13(18-20)12(10-4-2-1-3-5-10)17-14(19)11-6-8-16-9-7-11/h6-10,12,20H,1-5H2,(H2,15,18)(H,17,19). The van der Waals surface area contributed by atoms with Crippen molar-refractivity contribution in [2.45, 2.75) is 38.1 Å². The van der Waals surface area contributed by atoms with Crippen molar-refractivity contribution in [3.8, 4) is 0 Å². The Morgan fingerprint density at radius 2 is 2.00 bits per heavy atom. The first-order valence-electron chi connectivity index (χ1n) is 6.90. The fourth-order valence-electron chi connectivity index (χ4n) is 2.69. The second-order valence-corrected chi connectivity index (χ2v) is 5.11. The minimum Gasteiger partial charge on any atom is -0.409 e. The summed E-state index contributed by atoms with van der Waals surface area (Å²) in [6, 6.07) is 2.86. The van der Waals surface area contributed by atoms with E-state index < -0.39 is 6.04 Å². The molecule has 1 heterocycles. The molecule has 0 spiro atoms. The molecule has 1 aromatic rings. The van der Waals surface area contributed by atoms with Gasteiger partial charge in [-0.25, -0.2) is 0 Å². The first-order valence-corrected chi connectivity index (χ1v) is 6.90. The van der Waals surface area contributed by atoms with Gasteiger partial charge in [-0.3, -0.25) is 9.78 Å². The number of carbonyl (C=O) groups excluding carboxylic acids is 1. The van der Waals surface area contributed by atoms with Gasteiger partial charge >= 0.3 is 0 Å². The Morgan fingerprint density at radius 1 is 1.35 bits per heavy atom.